The Labute approximate surface area is 86.0 Å². The Morgan fingerprint density at radius 1 is 1.46 bits per heavy atom. The zero-order chi connectivity index (χ0) is 9.68. The SMILES string of the molecule is CC(C)OCCNCC1CC(Cl)C1. The molecule has 0 bridgehead atoms. The van der Waals surface area contributed by atoms with E-state index in [2.05, 4.69) is 19.2 Å². The van der Waals surface area contributed by atoms with Gasteiger partial charge in [-0.2, -0.15) is 0 Å². The molecular weight excluding hydrogens is 186 g/mol. The number of hydrogen-bond donors (Lipinski definition) is 1. The van der Waals surface area contributed by atoms with Crippen LogP contribution in [-0.4, -0.2) is 31.2 Å². The molecule has 0 aromatic heterocycles. The number of rotatable bonds is 6. The second-order valence-corrected chi connectivity index (χ2v) is 4.68. The highest BCUT2D eigenvalue weighted by atomic mass is 35.5. The van der Waals surface area contributed by atoms with Crippen molar-refractivity contribution < 1.29 is 4.74 Å². The molecule has 13 heavy (non-hydrogen) atoms. The molecular formula is C10H20ClNO. The van der Waals surface area contributed by atoms with E-state index >= 15 is 0 Å². The first-order valence-electron chi connectivity index (χ1n) is 5.15. The van der Waals surface area contributed by atoms with Crippen LogP contribution in [-0.2, 0) is 4.74 Å². The van der Waals surface area contributed by atoms with Gasteiger partial charge in [-0.1, -0.05) is 0 Å². The van der Waals surface area contributed by atoms with Gasteiger partial charge >= 0.3 is 0 Å². The molecule has 1 aliphatic rings. The molecule has 1 rings (SSSR count). The van der Waals surface area contributed by atoms with E-state index in [-0.39, 0.29) is 0 Å². The summed E-state index contributed by atoms with van der Waals surface area (Å²) in [4.78, 5) is 0. The van der Waals surface area contributed by atoms with Crippen molar-refractivity contribution in [3.05, 3.63) is 0 Å². The van der Waals surface area contributed by atoms with Crippen LogP contribution in [0.3, 0.4) is 0 Å². The highest BCUT2D eigenvalue weighted by Gasteiger charge is 2.26. The first-order valence-corrected chi connectivity index (χ1v) is 5.58. The minimum absolute atomic E-state index is 0.345. The van der Waals surface area contributed by atoms with Crippen molar-refractivity contribution in [1.29, 1.82) is 0 Å². The van der Waals surface area contributed by atoms with Crippen molar-refractivity contribution >= 4 is 11.6 Å². The van der Waals surface area contributed by atoms with E-state index in [4.69, 9.17) is 16.3 Å². The summed E-state index contributed by atoms with van der Waals surface area (Å²) in [5.41, 5.74) is 0. The summed E-state index contributed by atoms with van der Waals surface area (Å²) in [6, 6.07) is 0. The third-order valence-electron chi connectivity index (χ3n) is 2.34. The van der Waals surface area contributed by atoms with Crippen LogP contribution in [0.15, 0.2) is 0 Å². The van der Waals surface area contributed by atoms with Crippen LogP contribution in [0.4, 0.5) is 0 Å². The average molecular weight is 206 g/mol. The van der Waals surface area contributed by atoms with Crippen LogP contribution in [0.5, 0.6) is 0 Å². The Balaban J connectivity index is 1.79. The summed E-state index contributed by atoms with van der Waals surface area (Å²) >= 11 is 5.87. The maximum Gasteiger partial charge on any atom is 0.0594 e. The minimum Gasteiger partial charge on any atom is -0.377 e. The lowest BCUT2D eigenvalue weighted by molar-refractivity contribution is 0.0797. The molecule has 1 aliphatic carbocycles. The van der Waals surface area contributed by atoms with Crippen LogP contribution in [0, 0.1) is 5.92 Å². The molecule has 1 fully saturated rings. The molecule has 0 aromatic rings. The monoisotopic (exact) mass is 205 g/mol. The highest BCUT2D eigenvalue weighted by molar-refractivity contribution is 6.21. The van der Waals surface area contributed by atoms with Crippen LogP contribution in [0.1, 0.15) is 26.7 Å². The first-order chi connectivity index (χ1) is 6.18. The molecule has 78 valence electrons. The summed E-state index contributed by atoms with van der Waals surface area (Å²) in [5, 5.41) is 3.82. The molecule has 0 aromatic carbocycles. The van der Waals surface area contributed by atoms with Gasteiger partial charge in [-0.05, 0) is 39.2 Å². The van der Waals surface area contributed by atoms with Crippen molar-refractivity contribution in [1.82, 2.24) is 5.32 Å². The third kappa shape index (κ3) is 4.84. The molecule has 0 saturated heterocycles. The second kappa shape index (κ2) is 5.84. The minimum atomic E-state index is 0.345. The second-order valence-electron chi connectivity index (χ2n) is 4.06. The van der Waals surface area contributed by atoms with Crippen molar-refractivity contribution in [3.8, 4) is 0 Å². The summed E-state index contributed by atoms with van der Waals surface area (Å²) in [6.07, 6.45) is 2.71. The van der Waals surface area contributed by atoms with Gasteiger partial charge in [-0.25, -0.2) is 0 Å². The van der Waals surface area contributed by atoms with E-state index in [9.17, 15) is 0 Å². The molecule has 0 radical (unpaired) electrons. The first kappa shape index (κ1) is 11.3. The van der Waals surface area contributed by atoms with E-state index < -0.39 is 0 Å². The van der Waals surface area contributed by atoms with Gasteiger partial charge < -0.3 is 10.1 Å². The Kier molecular flexibility index (Phi) is 5.07. The molecule has 1 saturated carbocycles. The lowest BCUT2D eigenvalue weighted by Crippen LogP contribution is -2.35. The predicted molar refractivity (Wildman–Crippen MR) is 56.3 cm³/mol. The summed E-state index contributed by atoms with van der Waals surface area (Å²) in [5.74, 6) is 0.807. The van der Waals surface area contributed by atoms with Gasteiger partial charge in [0, 0.05) is 11.9 Å². The van der Waals surface area contributed by atoms with Crippen molar-refractivity contribution in [2.45, 2.75) is 38.2 Å². The fourth-order valence-corrected chi connectivity index (χ4v) is 2.00. The van der Waals surface area contributed by atoms with Crippen molar-refractivity contribution in [2.24, 2.45) is 5.92 Å². The fourth-order valence-electron chi connectivity index (χ4n) is 1.49. The standard InChI is InChI=1S/C10H20ClNO/c1-8(2)13-4-3-12-7-9-5-10(11)6-9/h8-10,12H,3-7H2,1-2H3. The van der Waals surface area contributed by atoms with Crippen LogP contribution < -0.4 is 5.32 Å². The van der Waals surface area contributed by atoms with Crippen LogP contribution in [0.2, 0.25) is 0 Å². The fraction of sp³-hybridized carbons (Fsp3) is 1.00. The summed E-state index contributed by atoms with van der Waals surface area (Å²) in [7, 11) is 0. The van der Waals surface area contributed by atoms with Gasteiger partial charge in [0.2, 0.25) is 0 Å². The Bertz CT molecular complexity index is 135. The lowest BCUT2D eigenvalue weighted by atomic mass is 9.85. The zero-order valence-electron chi connectivity index (χ0n) is 8.55. The Morgan fingerprint density at radius 2 is 2.15 bits per heavy atom. The van der Waals surface area contributed by atoms with E-state index in [1.54, 1.807) is 0 Å². The molecule has 2 nitrogen and oxygen atoms in total. The van der Waals surface area contributed by atoms with Gasteiger partial charge in [0.15, 0.2) is 0 Å². The molecule has 0 amide bonds. The van der Waals surface area contributed by atoms with Crippen LogP contribution in [0.25, 0.3) is 0 Å². The lowest BCUT2D eigenvalue weighted by Gasteiger charge is -2.30. The number of ether oxygens (including phenoxy) is 1. The van der Waals surface area contributed by atoms with Crippen LogP contribution >= 0.6 is 11.6 Å². The van der Waals surface area contributed by atoms with E-state index in [0.717, 1.165) is 25.6 Å². The molecule has 0 heterocycles. The molecule has 0 spiro atoms. The van der Waals surface area contributed by atoms with Gasteiger partial charge in [-0.3, -0.25) is 0 Å². The Hall–Kier alpha value is 0.210. The molecule has 1 N–H and O–H groups in total. The maximum atomic E-state index is 5.87. The van der Waals surface area contributed by atoms with Gasteiger partial charge in [0.05, 0.1) is 12.7 Å². The molecule has 0 aliphatic heterocycles. The maximum absolute atomic E-state index is 5.87. The summed E-state index contributed by atoms with van der Waals surface area (Å²) < 4.78 is 5.41. The van der Waals surface area contributed by atoms with Crippen molar-refractivity contribution in [2.75, 3.05) is 19.7 Å². The number of alkyl halides is 1. The van der Waals surface area contributed by atoms with E-state index in [1.807, 2.05) is 0 Å². The molecule has 0 atom stereocenters. The predicted octanol–water partition coefficient (Wildman–Crippen LogP) is 2.02. The zero-order valence-corrected chi connectivity index (χ0v) is 9.31. The summed E-state index contributed by atoms with van der Waals surface area (Å²) in [6.45, 7) is 7.00. The number of halogens is 1. The topological polar surface area (TPSA) is 21.3 Å². The molecule has 0 unspecified atom stereocenters. The smallest absolute Gasteiger partial charge is 0.0594 e. The molecule has 3 heteroatoms. The van der Waals surface area contributed by atoms with Gasteiger partial charge in [0.1, 0.15) is 0 Å². The number of hydrogen-bond acceptors (Lipinski definition) is 2. The van der Waals surface area contributed by atoms with E-state index in [1.165, 1.54) is 12.8 Å². The van der Waals surface area contributed by atoms with Gasteiger partial charge in [0.25, 0.3) is 0 Å². The average Bonchev–Trinajstić information content (AvgIpc) is 1.99. The number of nitrogens with one attached hydrogen (secondary N) is 1. The quantitative estimate of drug-likeness (QED) is 0.529. The Morgan fingerprint density at radius 3 is 2.69 bits per heavy atom. The normalized spacial score (nSPS) is 27.7. The van der Waals surface area contributed by atoms with E-state index in [0.29, 0.717) is 11.5 Å². The van der Waals surface area contributed by atoms with Crippen molar-refractivity contribution in [3.63, 3.8) is 0 Å². The third-order valence-corrected chi connectivity index (χ3v) is 2.70. The largest absolute Gasteiger partial charge is 0.377 e. The van der Waals surface area contributed by atoms with Gasteiger partial charge in [-0.15, -0.1) is 11.6 Å². The highest BCUT2D eigenvalue weighted by Crippen LogP contribution is 2.30.